The van der Waals surface area contributed by atoms with Gasteiger partial charge in [0, 0.05) is 23.4 Å². The maximum absolute atomic E-state index is 13.6. The second-order valence-electron chi connectivity index (χ2n) is 8.00. The molecule has 0 aliphatic rings. The smallest absolute Gasteiger partial charge is 0.305 e. The molecule has 3 aromatic rings. The molecule has 3 rings (SSSR count). The van der Waals surface area contributed by atoms with Crippen molar-refractivity contribution >= 4 is 22.8 Å². The maximum atomic E-state index is 13.6. The Morgan fingerprint density at radius 3 is 2.28 bits per heavy atom. The Morgan fingerprint density at radius 1 is 1.06 bits per heavy atom. The Kier molecular flexibility index (Phi) is 7.22. The summed E-state index contributed by atoms with van der Waals surface area (Å²) in [6.45, 7) is 3.74. The molecule has 0 aliphatic heterocycles. The van der Waals surface area contributed by atoms with Crippen molar-refractivity contribution in [3.63, 3.8) is 0 Å². The van der Waals surface area contributed by atoms with Crippen LogP contribution < -0.4 is 5.56 Å². The molecule has 2 unspecified atom stereocenters. The van der Waals surface area contributed by atoms with E-state index in [2.05, 4.69) is 0 Å². The average molecular weight is 439 g/mol. The highest BCUT2D eigenvalue weighted by atomic mass is 19.1. The van der Waals surface area contributed by atoms with Crippen molar-refractivity contribution in [3.8, 4) is 11.1 Å². The maximum Gasteiger partial charge on any atom is 0.305 e. The molecule has 1 heterocycles. The lowest BCUT2D eigenvalue weighted by molar-refractivity contribution is -0.139. The quantitative estimate of drug-likeness (QED) is 0.493. The van der Waals surface area contributed by atoms with Gasteiger partial charge in [-0.2, -0.15) is 0 Å². The van der Waals surface area contributed by atoms with Crippen molar-refractivity contribution in [2.75, 3.05) is 0 Å². The molecule has 168 valence electrons. The Hall–Kier alpha value is -3.29. The fourth-order valence-corrected chi connectivity index (χ4v) is 3.83. The van der Waals surface area contributed by atoms with Crippen LogP contribution in [0.2, 0.25) is 0 Å². The minimum Gasteiger partial charge on any atom is -0.481 e. The number of aliphatic hydroxyl groups excluding tert-OH is 2. The fraction of sp³-hybridized carbons (Fsp3) is 0.280. The molecule has 2 aromatic carbocycles. The summed E-state index contributed by atoms with van der Waals surface area (Å²) in [5, 5.41) is 30.1. The van der Waals surface area contributed by atoms with Crippen LogP contribution in [-0.4, -0.2) is 38.1 Å². The number of carbonyl (C=O) groups is 1. The van der Waals surface area contributed by atoms with Gasteiger partial charge in [-0.25, -0.2) is 4.39 Å². The highest BCUT2D eigenvalue weighted by molar-refractivity contribution is 5.99. The van der Waals surface area contributed by atoms with E-state index in [9.17, 15) is 24.2 Å². The fourth-order valence-electron chi connectivity index (χ4n) is 3.83. The number of rotatable bonds is 8. The number of aliphatic carboxylic acids is 1. The summed E-state index contributed by atoms with van der Waals surface area (Å²) in [5.74, 6) is -1.54. The zero-order chi connectivity index (χ0) is 23.4. The third-order valence-electron chi connectivity index (χ3n) is 5.21. The number of nitrogens with zero attached hydrogens (tertiary/aromatic N) is 1. The summed E-state index contributed by atoms with van der Waals surface area (Å²) in [7, 11) is 0. The Balaban J connectivity index is 2.20. The molecule has 0 radical (unpaired) electrons. The van der Waals surface area contributed by atoms with Crippen molar-refractivity contribution in [1.29, 1.82) is 0 Å². The van der Waals surface area contributed by atoms with Crippen LogP contribution in [0.25, 0.3) is 28.0 Å². The standard InChI is InChI=1S/C25H26FNO5/c1-15(2)27-22(12-11-18(28)13-19(29)14-23(30)31)24(16-7-9-17(26)10-8-16)20-5-3-4-6-21(20)25(27)32/h3-12,15,18-19,28-29H,13-14H2,1-2H3,(H,30,31)/b12-11+. The van der Waals surface area contributed by atoms with Gasteiger partial charge < -0.3 is 19.9 Å². The predicted octanol–water partition coefficient (Wildman–Crippen LogP) is 3.99. The number of hydrogen-bond donors (Lipinski definition) is 3. The van der Waals surface area contributed by atoms with Gasteiger partial charge >= 0.3 is 5.97 Å². The molecule has 0 saturated heterocycles. The van der Waals surface area contributed by atoms with Crippen LogP contribution in [0.15, 0.2) is 59.4 Å². The minimum atomic E-state index is -1.20. The van der Waals surface area contributed by atoms with Gasteiger partial charge in [-0.3, -0.25) is 9.59 Å². The summed E-state index contributed by atoms with van der Waals surface area (Å²) < 4.78 is 15.2. The van der Waals surface area contributed by atoms with Crippen LogP contribution in [-0.2, 0) is 4.79 Å². The average Bonchev–Trinajstić information content (AvgIpc) is 2.72. The second kappa shape index (κ2) is 9.89. The van der Waals surface area contributed by atoms with E-state index >= 15 is 0 Å². The van der Waals surface area contributed by atoms with E-state index in [0.717, 1.165) is 0 Å². The van der Waals surface area contributed by atoms with Crippen LogP contribution >= 0.6 is 0 Å². The number of fused-ring (bicyclic) bond motifs is 1. The van der Waals surface area contributed by atoms with Gasteiger partial charge in [0.15, 0.2) is 0 Å². The van der Waals surface area contributed by atoms with Crippen molar-refractivity contribution in [2.24, 2.45) is 0 Å². The largest absolute Gasteiger partial charge is 0.481 e. The molecule has 6 nitrogen and oxygen atoms in total. The molecule has 0 spiro atoms. The first kappa shape index (κ1) is 23.4. The zero-order valence-electron chi connectivity index (χ0n) is 17.9. The topological polar surface area (TPSA) is 99.8 Å². The first-order valence-corrected chi connectivity index (χ1v) is 10.4. The predicted molar refractivity (Wildman–Crippen MR) is 122 cm³/mol. The number of aromatic nitrogens is 1. The normalized spacial score (nSPS) is 13.7. The summed E-state index contributed by atoms with van der Waals surface area (Å²) in [6.07, 6.45) is 0.0813. The second-order valence-corrected chi connectivity index (χ2v) is 8.00. The number of carboxylic acids is 1. The lowest BCUT2D eigenvalue weighted by atomic mass is 9.95. The number of halogens is 1. The molecule has 1 aromatic heterocycles. The molecular formula is C25H26FNO5. The Labute approximate surface area is 184 Å². The van der Waals surface area contributed by atoms with Gasteiger partial charge in [0.05, 0.1) is 24.3 Å². The minimum absolute atomic E-state index is 0.159. The molecule has 0 amide bonds. The molecule has 32 heavy (non-hydrogen) atoms. The molecule has 3 N–H and O–H groups in total. The van der Waals surface area contributed by atoms with E-state index in [1.807, 2.05) is 26.0 Å². The lowest BCUT2D eigenvalue weighted by Gasteiger charge is -2.21. The van der Waals surface area contributed by atoms with Crippen LogP contribution in [0, 0.1) is 5.82 Å². The van der Waals surface area contributed by atoms with Gasteiger partial charge in [0.25, 0.3) is 5.56 Å². The highest BCUT2D eigenvalue weighted by Gasteiger charge is 2.19. The van der Waals surface area contributed by atoms with Crippen molar-refractivity contribution in [2.45, 2.75) is 44.9 Å². The first-order valence-electron chi connectivity index (χ1n) is 10.4. The number of carboxylic acid groups (broad SMARTS) is 1. The monoisotopic (exact) mass is 439 g/mol. The Morgan fingerprint density at radius 2 is 1.69 bits per heavy atom. The van der Waals surface area contributed by atoms with Crippen molar-refractivity contribution in [1.82, 2.24) is 4.57 Å². The number of hydrogen-bond acceptors (Lipinski definition) is 4. The van der Waals surface area contributed by atoms with Gasteiger partial charge in [0.1, 0.15) is 5.82 Å². The zero-order valence-corrected chi connectivity index (χ0v) is 17.9. The van der Waals surface area contributed by atoms with Crippen LogP contribution in [0.4, 0.5) is 4.39 Å². The van der Waals surface area contributed by atoms with Crippen molar-refractivity contribution in [3.05, 3.63) is 76.5 Å². The van der Waals surface area contributed by atoms with Crippen LogP contribution in [0.1, 0.15) is 38.4 Å². The summed E-state index contributed by atoms with van der Waals surface area (Å²) in [6, 6.07) is 12.9. The van der Waals surface area contributed by atoms with Gasteiger partial charge in [-0.1, -0.05) is 36.4 Å². The van der Waals surface area contributed by atoms with Crippen molar-refractivity contribution < 1.29 is 24.5 Å². The van der Waals surface area contributed by atoms with E-state index in [1.165, 1.54) is 18.2 Å². The lowest BCUT2D eigenvalue weighted by Crippen LogP contribution is -2.25. The summed E-state index contributed by atoms with van der Waals surface area (Å²) >= 11 is 0. The van der Waals surface area contributed by atoms with E-state index in [0.29, 0.717) is 27.6 Å². The molecule has 2 atom stereocenters. The van der Waals surface area contributed by atoms with Gasteiger partial charge in [-0.15, -0.1) is 0 Å². The highest BCUT2D eigenvalue weighted by Crippen LogP contribution is 2.33. The van der Waals surface area contributed by atoms with E-state index in [4.69, 9.17) is 5.11 Å². The summed E-state index contributed by atoms with van der Waals surface area (Å²) in [4.78, 5) is 24.0. The SMILES string of the molecule is CC(C)n1c(/C=C/C(O)CC(O)CC(=O)O)c(-c2ccc(F)cc2)c2ccccc2c1=O. The molecule has 0 aliphatic carbocycles. The van der Waals surface area contributed by atoms with E-state index in [1.54, 1.807) is 34.9 Å². The molecule has 0 fully saturated rings. The van der Waals surface area contributed by atoms with E-state index in [-0.39, 0.29) is 23.8 Å². The van der Waals surface area contributed by atoms with Gasteiger partial charge in [0.2, 0.25) is 0 Å². The van der Waals surface area contributed by atoms with E-state index < -0.39 is 24.6 Å². The third kappa shape index (κ3) is 5.12. The van der Waals surface area contributed by atoms with Crippen LogP contribution in [0.5, 0.6) is 0 Å². The molecule has 0 saturated carbocycles. The number of benzene rings is 2. The van der Waals surface area contributed by atoms with Crippen LogP contribution in [0.3, 0.4) is 0 Å². The number of pyridine rings is 1. The molecular weight excluding hydrogens is 413 g/mol. The Bertz CT molecular complexity index is 1200. The third-order valence-corrected chi connectivity index (χ3v) is 5.21. The van der Waals surface area contributed by atoms with Gasteiger partial charge in [-0.05, 0) is 49.1 Å². The first-order chi connectivity index (χ1) is 15.2. The summed E-state index contributed by atoms with van der Waals surface area (Å²) in [5.41, 5.74) is 1.75. The molecule has 0 bridgehead atoms. The number of aliphatic hydroxyl groups is 2. The molecule has 7 heteroatoms.